The van der Waals surface area contributed by atoms with Gasteiger partial charge in [-0.2, -0.15) is 0 Å². The first-order valence-corrected chi connectivity index (χ1v) is 9.26. The van der Waals surface area contributed by atoms with Crippen LogP contribution in [0, 0.1) is 0 Å². The van der Waals surface area contributed by atoms with Gasteiger partial charge in [0.05, 0.1) is 12.6 Å². The topological polar surface area (TPSA) is 48.9 Å². The predicted molar refractivity (Wildman–Crippen MR) is 115 cm³/mol. The highest BCUT2D eigenvalue weighted by Crippen LogP contribution is 2.31. The molecule has 25 heavy (non-hydrogen) atoms. The number of guanidine groups is 1. The van der Waals surface area contributed by atoms with Crippen LogP contribution in [-0.2, 0) is 11.2 Å². The highest BCUT2D eigenvalue weighted by Gasteiger charge is 2.24. The number of nitrogens with one attached hydrogen (secondary N) is 2. The molecule has 0 aliphatic carbocycles. The molecule has 2 atom stereocenters. The average molecular weight is 458 g/mol. The van der Waals surface area contributed by atoms with Gasteiger partial charge in [0.2, 0.25) is 0 Å². The summed E-state index contributed by atoms with van der Waals surface area (Å²) in [5.41, 5.74) is 2.84. The van der Waals surface area contributed by atoms with Crippen LogP contribution in [0.2, 0.25) is 0 Å². The quantitative estimate of drug-likeness (QED) is 0.391. The zero-order chi connectivity index (χ0) is 16.8. The van der Waals surface area contributed by atoms with Gasteiger partial charge in [0, 0.05) is 38.0 Å². The smallest absolute Gasteiger partial charge is 0.191 e. The number of ether oxygens (including phenoxy) is 1. The van der Waals surface area contributed by atoms with Crippen molar-refractivity contribution in [3.05, 3.63) is 29.8 Å². The lowest BCUT2D eigenvalue weighted by Gasteiger charge is -2.25. The Morgan fingerprint density at radius 2 is 2.16 bits per heavy atom. The van der Waals surface area contributed by atoms with Crippen LogP contribution in [0.5, 0.6) is 0 Å². The van der Waals surface area contributed by atoms with Crippen LogP contribution in [0.15, 0.2) is 29.3 Å². The van der Waals surface area contributed by atoms with Crippen LogP contribution < -0.4 is 15.5 Å². The van der Waals surface area contributed by atoms with Crippen molar-refractivity contribution in [2.75, 3.05) is 37.7 Å². The summed E-state index contributed by atoms with van der Waals surface area (Å²) >= 11 is 0. The van der Waals surface area contributed by atoms with Crippen molar-refractivity contribution >= 4 is 35.6 Å². The number of halogens is 1. The maximum Gasteiger partial charge on any atom is 0.191 e. The van der Waals surface area contributed by atoms with E-state index in [-0.39, 0.29) is 24.0 Å². The van der Waals surface area contributed by atoms with Crippen LogP contribution in [0.4, 0.5) is 5.69 Å². The van der Waals surface area contributed by atoms with Gasteiger partial charge in [0.15, 0.2) is 5.96 Å². The molecule has 1 aromatic carbocycles. The Hall–Kier alpha value is -1.02. The van der Waals surface area contributed by atoms with Crippen molar-refractivity contribution < 1.29 is 4.74 Å². The second-order valence-electron chi connectivity index (χ2n) is 6.66. The number of anilines is 1. The van der Waals surface area contributed by atoms with Crippen LogP contribution in [0.1, 0.15) is 32.3 Å². The largest absolute Gasteiger partial charge is 0.376 e. The van der Waals surface area contributed by atoms with Crippen LogP contribution >= 0.6 is 24.0 Å². The molecule has 3 rings (SSSR count). The minimum Gasteiger partial charge on any atom is -0.376 e. The van der Waals surface area contributed by atoms with Gasteiger partial charge in [-0.1, -0.05) is 18.2 Å². The van der Waals surface area contributed by atoms with E-state index in [0.29, 0.717) is 12.1 Å². The van der Waals surface area contributed by atoms with E-state index in [2.05, 4.69) is 58.6 Å². The summed E-state index contributed by atoms with van der Waals surface area (Å²) in [6, 6.07) is 9.30. The summed E-state index contributed by atoms with van der Waals surface area (Å²) in [6.07, 6.45) is 3.73. The van der Waals surface area contributed by atoms with Gasteiger partial charge in [0.1, 0.15) is 0 Å². The number of rotatable bonds is 6. The van der Waals surface area contributed by atoms with E-state index in [1.54, 1.807) is 0 Å². The van der Waals surface area contributed by atoms with Crippen molar-refractivity contribution in [3.8, 4) is 0 Å². The molecule has 2 N–H and O–H groups in total. The lowest BCUT2D eigenvalue weighted by atomic mass is 10.1. The molecule has 2 heterocycles. The van der Waals surface area contributed by atoms with Gasteiger partial charge in [-0.05, 0) is 44.7 Å². The van der Waals surface area contributed by atoms with Crippen molar-refractivity contribution in [2.24, 2.45) is 4.99 Å². The SMILES string of the molecule is CCNC(=NCC1CCCO1)NCCN1c2ccccc2CC1C.I. The predicted octanol–water partition coefficient (Wildman–Crippen LogP) is 2.79. The highest BCUT2D eigenvalue weighted by molar-refractivity contribution is 14.0. The van der Waals surface area contributed by atoms with E-state index in [0.717, 1.165) is 58.0 Å². The summed E-state index contributed by atoms with van der Waals surface area (Å²) in [5.74, 6) is 0.896. The van der Waals surface area contributed by atoms with Crippen LogP contribution in [0.25, 0.3) is 0 Å². The molecule has 0 saturated carbocycles. The molecule has 1 fully saturated rings. The second kappa shape index (κ2) is 10.2. The van der Waals surface area contributed by atoms with Gasteiger partial charge in [-0.25, -0.2) is 0 Å². The summed E-state index contributed by atoms with van der Waals surface area (Å²) in [5, 5.41) is 6.79. The number of fused-ring (bicyclic) bond motifs is 1. The van der Waals surface area contributed by atoms with E-state index < -0.39 is 0 Å². The van der Waals surface area contributed by atoms with Crippen molar-refractivity contribution in [2.45, 2.75) is 45.3 Å². The normalized spacial score (nSPS) is 22.5. The summed E-state index contributed by atoms with van der Waals surface area (Å²) < 4.78 is 5.65. The molecule has 0 spiro atoms. The number of para-hydroxylation sites is 1. The molecule has 0 radical (unpaired) electrons. The van der Waals surface area contributed by atoms with E-state index in [1.807, 2.05) is 0 Å². The number of benzene rings is 1. The zero-order valence-corrected chi connectivity index (χ0v) is 17.7. The van der Waals surface area contributed by atoms with Crippen molar-refractivity contribution in [1.82, 2.24) is 10.6 Å². The highest BCUT2D eigenvalue weighted by atomic mass is 127. The van der Waals surface area contributed by atoms with E-state index in [4.69, 9.17) is 4.74 Å². The molecule has 2 aliphatic rings. The molecule has 6 heteroatoms. The zero-order valence-electron chi connectivity index (χ0n) is 15.3. The fourth-order valence-electron chi connectivity index (χ4n) is 3.59. The molecule has 0 amide bonds. The van der Waals surface area contributed by atoms with Crippen molar-refractivity contribution in [1.29, 1.82) is 0 Å². The van der Waals surface area contributed by atoms with Gasteiger partial charge in [-0.15, -0.1) is 24.0 Å². The molecule has 5 nitrogen and oxygen atoms in total. The molecular weight excluding hydrogens is 427 g/mol. The molecule has 140 valence electrons. The molecule has 2 aliphatic heterocycles. The number of nitrogens with zero attached hydrogens (tertiary/aromatic N) is 2. The van der Waals surface area contributed by atoms with Gasteiger partial charge < -0.3 is 20.3 Å². The Labute approximate surface area is 168 Å². The maximum atomic E-state index is 5.65. The number of hydrogen-bond acceptors (Lipinski definition) is 3. The van der Waals surface area contributed by atoms with Gasteiger partial charge in [-0.3, -0.25) is 4.99 Å². The fourth-order valence-corrected chi connectivity index (χ4v) is 3.59. The second-order valence-corrected chi connectivity index (χ2v) is 6.66. The third-order valence-corrected chi connectivity index (χ3v) is 4.81. The first kappa shape index (κ1) is 20.3. The lowest BCUT2D eigenvalue weighted by Crippen LogP contribution is -2.43. The first-order chi connectivity index (χ1) is 11.8. The monoisotopic (exact) mass is 458 g/mol. The van der Waals surface area contributed by atoms with E-state index >= 15 is 0 Å². The minimum atomic E-state index is 0. The van der Waals surface area contributed by atoms with Gasteiger partial charge >= 0.3 is 0 Å². The Bertz CT molecular complexity index is 560. The van der Waals surface area contributed by atoms with E-state index in [1.165, 1.54) is 11.3 Å². The maximum absolute atomic E-state index is 5.65. The third kappa shape index (κ3) is 5.48. The molecule has 2 unspecified atom stereocenters. The lowest BCUT2D eigenvalue weighted by molar-refractivity contribution is 0.117. The molecule has 0 aromatic heterocycles. The standard InChI is InChI=1S/C19H30N4O.HI/c1-3-20-19(22-14-17-8-6-12-24-17)21-10-11-23-15(2)13-16-7-4-5-9-18(16)23;/h4-5,7,9,15,17H,3,6,8,10-14H2,1-2H3,(H2,20,21,22);1H. The number of aliphatic imine (C=N–C) groups is 1. The van der Waals surface area contributed by atoms with E-state index in [9.17, 15) is 0 Å². The minimum absolute atomic E-state index is 0. The fraction of sp³-hybridized carbons (Fsp3) is 0.632. The number of hydrogen-bond donors (Lipinski definition) is 2. The summed E-state index contributed by atoms with van der Waals surface area (Å²) in [6.45, 7) is 8.78. The van der Waals surface area contributed by atoms with Crippen LogP contribution in [-0.4, -0.2) is 50.9 Å². The summed E-state index contributed by atoms with van der Waals surface area (Å²) in [4.78, 5) is 7.17. The van der Waals surface area contributed by atoms with Gasteiger partial charge in [0.25, 0.3) is 0 Å². The first-order valence-electron chi connectivity index (χ1n) is 9.26. The van der Waals surface area contributed by atoms with Crippen molar-refractivity contribution in [3.63, 3.8) is 0 Å². The Morgan fingerprint density at radius 3 is 2.92 bits per heavy atom. The molecular formula is C19H31IN4O. The third-order valence-electron chi connectivity index (χ3n) is 4.81. The molecule has 1 saturated heterocycles. The Morgan fingerprint density at radius 1 is 1.32 bits per heavy atom. The average Bonchev–Trinajstić information content (AvgIpc) is 3.20. The Balaban J connectivity index is 0.00000225. The summed E-state index contributed by atoms with van der Waals surface area (Å²) in [7, 11) is 0. The molecule has 0 bridgehead atoms. The van der Waals surface area contributed by atoms with Crippen LogP contribution in [0.3, 0.4) is 0 Å². The Kier molecular flexibility index (Phi) is 8.29. The molecule has 1 aromatic rings.